The van der Waals surface area contributed by atoms with Crippen LogP contribution < -0.4 is 5.32 Å². The van der Waals surface area contributed by atoms with E-state index in [1.807, 2.05) is 31.3 Å². The summed E-state index contributed by atoms with van der Waals surface area (Å²) in [6.07, 6.45) is 8.34. The molecule has 2 aromatic rings. The average Bonchev–Trinajstić information content (AvgIpc) is 3.06. The molecule has 0 aliphatic rings. The lowest BCUT2D eigenvalue weighted by Crippen LogP contribution is -2.23. The van der Waals surface area contributed by atoms with Crippen LogP contribution in [-0.4, -0.2) is 22.2 Å². The van der Waals surface area contributed by atoms with Crippen molar-refractivity contribution in [2.45, 2.75) is 19.9 Å². The highest BCUT2D eigenvalue weighted by molar-refractivity contribution is 5.91. The third-order valence-electron chi connectivity index (χ3n) is 2.59. The summed E-state index contributed by atoms with van der Waals surface area (Å²) >= 11 is 0. The number of hydrogen-bond donors (Lipinski definition) is 1. The minimum atomic E-state index is -0.184. The lowest BCUT2D eigenvalue weighted by atomic mass is 10.3. The Morgan fingerprint density at radius 1 is 1.53 bits per heavy atom. The molecule has 2 rings (SSSR count). The topological polar surface area (TPSA) is 60.1 Å². The third kappa shape index (κ3) is 3.84. The molecule has 0 saturated carbocycles. The number of carbonyl (C=O) groups excluding carboxylic acids is 1. The quantitative estimate of drug-likeness (QED) is 0.639. The standard InChI is InChI=1S/C14H17N3O2/c1-2-3-4-8-15-14(18)13-7-6-12(19-13)11-17-10-5-9-16-17/h2-3,5-7,9-10H,4,8,11H2,1H3,(H,15,18)/b3-2+. The molecule has 5 heteroatoms. The van der Waals surface area contributed by atoms with Gasteiger partial charge in [0.15, 0.2) is 5.76 Å². The lowest BCUT2D eigenvalue weighted by molar-refractivity contribution is 0.0924. The van der Waals surface area contributed by atoms with E-state index >= 15 is 0 Å². The molecule has 1 N–H and O–H groups in total. The highest BCUT2D eigenvalue weighted by Crippen LogP contribution is 2.09. The van der Waals surface area contributed by atoms with E-state index in [4.69, 9.17) is 4.42 Å². The van der Waals surface area contributed by atoms with Crippen LogP contribution in [0.5, 0.6) is 0 Å². The van der Waals surface area contributed by atoms with Crippen molar-refractivity contribution in [3.8, 4) is 0 Å². The van der Waals surface area contributed by atoms with Gasteiger partial charge in [0.1, 0.15) is 5.76 Å². The zero-order valence-electron chi connectivity index (χ0n) is 10.9. The van der Waals surface area contributed by atoms with Crippen LogP contribution in [-0.2, 0) is 6.54 Å². The number of furan rings is 1. The first-order chi connectivity index (χ1) is 9.29. The molecule has 0 saturated heterocycles. The van der Waals surface area contributed by atoms with Crippen molar-refractivity contribution in [3.05, 3.63) is 54.3 Å². The fourth-order valence-electron chi connectivity index (χ4n) is 1.66. The first kappa shape index (κ1) is 13.1. The molecule has 0 aromatic carbocycles. The second-order valence-corrected chi connectivity index (χ2v) is 4.08. The van der Waals surface area contributed by atoms with Gasteiger partial charge >= 0.3 is 0 Å². The van der Waals surface area contributed by atoms with Gasteiger partial charge in [-0.05, 0) is 31.5 Å². The summed E-state index contributed by atoms with van der Waals surface area (Å²) in [5, 5.41) is 6.88. The normalized spacial score (nSPS) is 11.0. The van der Waals surface area contributed by atoms with Gasteiger partial charge in [-0.2, -0.15) is 5.10 Å². The Bertz CT molecular complexity index is 541. The van der Waals surface area contributed by atoms with E-state index in [-0.39, 0.29) is 5.91 Å². The first-order valence-electron chi connectivity index (χ1n) is 6.25. The summed E-state index contributed by atoms with van der Waals surface area (Å²) in [5.74, 6) is 0.862. The Morgan fingerprint density at radius 3 is 3.16 bits per heavy atom. The molecule has 0 spiro atoms. The van der Waals surface area contributed by atoms with Gasteiger partial charge in [0, 0.05) is 18.9 Å². The van der Waals surface area contributed by atoms with Gasteiger partial charge in [0.25, 0.3) is 5.91 Å². The van der Waals surface area contributed by atoms with E-state index in [1.54, 1.807) is 23.0 Å². The van der Waals surface area contributed by atoms with E-state index in [2.05, 4.69) is 10.4 Å². The zero-order chi connectivity index (χ0) is 13.5. The number of nitrogens with one attached hydrogen (secondary N) is 1. The Kier molecular flexibility index (Phi) is 4.55. The van der Waals surface area contributed by atoms with Crippen molar-refractivity contribution >= 4 is 5.91 Å². The predicted molar refractivity (Wildman–Crippen MR) is 71.8 cm³/mol. The SMILES string of the molecule is C/C=C/CCNC(=O)c1ccc(Cn2cccn2)o1. The highest BCUT2D eigenvalue weighted by atomic mass is 16.4. The number of hydrogen-bond acceptors (Lipinski definition) is 3. The number of allylic oxidation sites excluding steroid dienone is 1. The number of rotatable bonds is 6. The van der Waals surface area contributed by atoms with E-state index in [0.717, 1.165) is 6.42 Å². The maximum atomic E-state index is 11.8. The molecule has 0 aliphatic carbocycles. The summed E-state index contributed by atoms with van der Waals surface area (Å²) in [6.45, 7) is 3.09. The molecule has 1 amide bonds. The van der Waals surface area contributed by atoms with Crippen molar-refractivity contribution in [2.75, 3.05) is 6.54 Å². The van der Waals surface area contributed by atoms with Crippen LogP contribution in [0.2, 0.25) is 0 Å². The fourth-order valence-corrected chi connectivity index (χ4v) is 1.66. The molecule has 100 valence electrons. The van der Waals surface area contributed by atoms with Crippen molar-refractivity contribution < 1.29 is 9.21 Å². The van der Waals surface area contributed by atoms with Gasteiger partial charge in [-0.1, -0.05) is 12.2 Å². The second-order valence-electron chi connectivity index (χ2n) is 4.08. The molecule has 0 unspecified atom stereocenters. The second kappa shape index (κ2) is 6.58. The maximum Gasteiger partial charge on any atom is 0.287 e. The van der Waals surface area contributed by atoms with Crippen LogP contribution in [0.15, 0.2) is 47.2 Å². The number of amides is 1. The summed E-state index contributed by atoms with van der Waals surface area (Å²) in [5.41, 5.74) is 0. The van der Waals surface area contributed by atoms with Crippen molar-refractivity contribution in [1.82, 2.24) is 15.1 Å². The molecule has 2 heterocycles. The van der Waals surface area contributed by atoms with Gasteiger partial charge in [0.05, 0.1) is 6.54 Å². The minimum absolute atomic E-state index is 0.184. The first-order valence-corrected chi connectivity index (χ1v) is 6.25. The Morgan fingerprint density at radius 2 is 2.42 bits per heavy atom. The molecule has 5 nitrogen and oxygen atoms in total. The van der Waals surface area contributed by atoms with Crippen LogP contribution in [0.1, 0.15) is 29.7 Å². The van der Waals surface area contributed by atoms with Crippen LogP contribution in [0.3, 0.4) is 0 Å². The van der Waals surface area contributed by atoms with E-state index < -0.39 is 0 Å². The average molecular weight is 259 g/mol. The van der Waals surface area contributed by atoms with Crippen molar-refractivity contribution in [2.24, 2.45) is 0 Å². The number of aromatic nitrogens is 2. The van der Waals surface area contributed by atoms with E-state index in [0.29, 0.717) is 24.6 Å². The van der Waals surface area contributed by atoms with Crippen LogP contribution in [0.4, 0.5) is 0 Å². The number of carbonyl (C=O) groups is 1. The molecule has 0 atom stereocenters. The smallest absolute Gasteiger partial charge is 0.287 e. The molecule has 0 aliphatic heterocycles. The third-order valence-corrected chi connectivity index (χ3v) is 2.59. The number of nitrogens with zero attached hydrogens (tertiary/aromatic N) is 2. The maximum absolute atomic E-state index is 11.8. The molecule has 0 fully saturated rings. The van der Waals surface area contributed by atoms with Crippen molar-refractivity contribution in [3.63, 3.8) is 0 Å². The molecule has 0 radical (unpaired) electrons. The van der Waals surface area contributed by atoms with Gasteiger partial charge in [-0.25, -0.2) is 0 Å². The monoisotopic (exact) mass is 259 g/mol. The predicted octanol–water partition coefficient (Wildman–Crippen LogP) is 2.22. The molecular weight excluding hydrogens is 242 g/mol. The van der Waals surface area contributed by atoms with Gasteiger partial charge in [-0.3, -0.25) is 9.48 Å². The van der Waals surface area contributed by atoms with Gasteiger partial charge in [-0.15, -0.1) is 0 Å². The molecule has 0 bridgehead atoms. The largest absolute Gasteiger partial charge is 0.454 e. The summed E-state index contributed by atoms with van der Waals surface area (Å²) in [4.78, 5) is 11.8. The molecule has 19 heavy (non-hydrogen) atoms. The van der Waals surface area contributed by atoms with Gasteiger partial charge < -0.3 is 9.73 Å². The summed E-state index contributed by atoms with van der Waals surface area (Å²) in [7, 11) is 0. The fraction of sp³-hybridized carbons (Fsp3) is 0.286. The lowest BCUT2D eigenvalue weighted by Gasteiger charge is -2.00. The molecular formula is C14H17N3O2. The van der Waals surface area contributed by atoms with Gasteiger partial charge in [0.2, 0.25) is 0 Å². The zero-order valence-corrected chi connectivity index (χ0v) is 10.9. The van der Waals surface area contributed by atoms with E-state index in [9.17, 15) is 4.79 Å². The van der Waals surface area contributed by atoms with Crippen LogP contribution in [0.25, 0.3) is 0 Å². The Labute approximate surface area is 111 Å². The minimum Gasteiger partial charge on any atom is -0.454 e. The van der Waals surface area contributed by atoms with Crippen LogP contribution in [0, 0.1) is 0 Å². The van der Waals surface area contributed by atoms with E-state index in [1.165, 1.54) is 0 Å². The Hall–Kier alpha value is -2.30. The van der Waals surface area contributed by atoms with Crippen LogP contribution >= 0.6 is 0 Å². The summed E-state index contributed by atoms with van der Waals surface area (Å²) in [6, 6.07) is 5.32. The highest BCUT2D eigenvalue weighted by Gasteiger charge is 2.10. The summed E-state index contributed by atoms with van der Waals surface area (Å²) < 4.78 is 7.23. The Balaban J connectivity index is 1.87. The molecule has 2 aromatic heterocycles. The van der Waals surface area contributed by atoms with Crippen molar-refractivity contribution in [1.29, 1.82) is 0 Å².